The molecule has 2 aromatic carbocycles. The first-order valence-corrected chi connectivity index (χ1v) is 12.3. The zero-order valence-corrected chi connectivity index (χ0v) is 21.0. The fraction of sp³-hybridized carbons (Fsp3) is 0.481. The number of ether oxygens (including phenoxy) is 2. The molecule has 3 aliphatic heterocycles. The van der Waals surface area contributed by atoms with Gasteiger partial charge in [0.25, 0.3) is 6.43 Å². The van der Waals surface area contributed by atoms with Crippen molar-refractivity contribution < 1.29 is 18.3 Å². The summed E-state index contributed by atoms with van der Waals surface area (Å²) in [6.45, 7) is 11.4. The lowest BCUT2D eigenvalue weighted by molar-refractivity contribution is -0.127. The molecule has 2 fully saturated rings. The van der Waals surface area contributed by atoms with E-state index in [9.17, 15) is 8.78 Å². The molecule has 190 valence electrons. The number of alkyl halides is 2. The van der Waals surface area contributed by atoms with Gasteiger partial charge in [-0.15, -0.1) is 0 Å². The lowest BCUT2D eigenvalue weighted by Crippen LogP contribution is -2.66. The van der Waals surface area contributed by atoms with Gasteiger partial charge in [-0.1, -0.05) is 0 Å². The van der Waals surface area contributed by atoms with Crippen molar-refractivity contribution in [3.8, 4) is 5.75 Å². The van der Waals surface area contributed by atoms with Gasteiger partial charge in [-0.05, 0) is 57.5 Å². The topological polar surface area (TPSA) is 85.5 Å². The molecule has 4 heterocycles. The number of nitrogens with zero attached hydrogens (tertiary/aromatic N) is 3. The number of aromatic nitrogens is 2. The predicted molar refractivity (Wildman–Crippen MR) is 136 cm³/mol. The number of nitrogens with one attached hydrogen (secondary N) is 1. The zero-order valence-electron chi connectivity index (χ0n) is 21.0. The predicted octanol–water partition coefficient (Wildman–Crippen LogP) is 5.18. The van der Waals surface area contributed by atoms with E-state index < -0.39 is 6.43 Å². The van der Waals surface area contributed by atoms with Crippen LogP contribution in [0.5, 0.6) is 5.75 Å². The highest BCUT2D eigenvalue weighted by Crippen LogP contribution is 2.51. The van der Waals surface area contributed by atoms with Crippen LogP contribution in [0.3, 0.4) is 0 Å². The Labute approximate surface area is 209 Å². The molecule has 0 saturated carbocycles. The highest BCUT2D eigenvalue weighted by atomic mass is 19.3. The number of rotatable bonds is 5. The van der Waals surface area contributed by atoms with Crippen LogP contribution in [-0.2, 0) is 11.2 Å². The van der Waals surface area contributed by atoms with Gasteiger partial charge in [-0.25, -0.2) is 18.7 Å². The van der Waals surface area contributed by atoms with Crippen LogP contribution in [0.1, 0.15) is 55.8 Å². The fourth-order valence-corrected chi connectivity index (χ4v) is 5.65. The Bertz CT molecular complexity index is 1360. The number of nitrogens with two attached hydrogens (primary N) is 1. The van der Waals surface area contributed by atoms with Crippen molar-refractivity contribution in [3.63, 3.8) is 0 Å². The molecule has 3 aromatic rings. The van der Waals surface area contributed by atoms with Gasteiger partial charge in [0.2, 0.25) is 0 Å². The van der Waals surface area contributed by atoms with Gasteiger partial charge in [0, 0.05) is 41.7 Å². The van der Waals surface area contributed by atoms with Crippen LogP contribution in [0.2, 0.25) is 0 Å². The molecule has 1 aromatic heterocycles. The van der Waals surface area contributed by atoms with Crippen LogP contribution >= 0.6 is 0 Å². The van der Waals surface area contributed by atoms with Crippen molar-refractivity contribution >= 4 is 28.1 Å². The molecule has 36 heavy (non-hydrogen) atoms. The van der Waals surface area contributed by atoms with Gasteiger partial charge >= 0.3 is 0 Å². The van der Waals surface area contributed by atoms with E-state index in [0.717, 1.165) is 60.6 Å². The molecular weight excluding hydrogens is 464 g/mol. The molecule has 0 aliphatic carbocycles. The second kappa shape index (κ2) is 7.90. The quantitative estimate of drug-likeness (QED) is 0.472. The molecule has 0 unspecified atom stereocenters. The minimum absolute atomic E-state index is 0.0893. The van der Waals surface area contributed by atoms with E-state index in [4.69, 9.17) is 25.2 Å². The van der Waals surface area contributed by atoms with Gasteiger partial charge in [-0.2, -0.15) is 0 Å². The van der Waals surface area contributed by atoms with Crippen LogP contribution in [-0.4, -0.2) is 41.9 Å². The van der Waals surface area contributed by atoms with Crippen molar-refractivity contribution in [2.45, 2.75) is 52.2 Å². The SMILES string of the molecule is Cc1nc(N[C@H](C)c2cc(N)cc(C(F)F)c2)c2cc(N3CC4(COC4)C3)c3c(c2n1)CC(C)(C)O3. The highest BCUT2D eigenvalue weighted by molar-refractivity contribution is 5.97. The van der Waals surface area contributed by atoms with E-state index in [1.54, 1.807) is 6.07 Å². The normalized spacial score (nSPS) is 20.1. The number of hydrogen-bond acceptors (Lipinski definition) is 7. The third kappa shape index (κ3) is 3.80. The van der Waals surface area contributed by atoms with Crippen LogP contribution in [0, 0.1) is 12.3 Å². The van der Waals surface area contributed by atoms with Crippen LogP contribution in [0.25, 0.3) is 10.9 Å². The van der Waals surface area contributed by atoms with Gasteiger partial charge in [0.15, 0.2) is 0 Å². The maximum Gasteiger partial charge on any atom is 0.263 e. The maximum absolute atomic E-state index is 13.4. The Morgan fingerprint density at radius 2 is 1.81 bits per heavy atom. The Morgan fingerprint density at radius 1 is 1.08 bits per heavy atom. The summed E-state index contributed by atoms with van der Waals surface area (Å²) >= 11 is 0. The Morgan fingerprint density at radius 3 is 2.47 bits per heavy atom. The summed E-state index contributed by atoms with van der Waals surface area (Å²) < 4.78 is 38.7. The minimum atomic E-state index is -2.59. The molecule has 2 saturated heterocycles. The molecule has 3 aliphatic rings. The van der Waals surface area contributed by atoms with E-state index in [2.05, 4.69) is 30.1 Å². The van der Waals surface area contributed by atoms with Crippen LogP contribution < -0.4 is 20.7 Å². The van der Waals surface area contributed by atoms with E-state index >= 15 is 0 Å². The van der Waals surface area contributed by atoms with Crippen LogP contribution in [0.4, 0.5) is 26.0 Å². The summed E-state index contributed by atoms with van der Waals surface area (Å²) in [4.78, 5) is 11.9. The summed E-state index contributed by atoms with van der Waals surface area (Å²) in [6, 6.07) is 6.34. The largest absolute Gasteiger partial charge is 0.485 e. The lowest BCUT2D eigenvalue weighted by Gasteiger charge is -2.56. The van der Waals surface area contributed by atoms with Gasteiger partial charge in [0.1, 0.15) is 23.0 Å². The molecule has 0 amide bonds. The smallest absolute Gasteiger partial charge is 0.263 e. The molecule has 9 heteroatoms. The number of halogens is 2. The molecular formula is C27H31F2N5O2. The Balaban J connectivity index is 1.43. The first-order chi connectivity index (χ1) is 17.0. The number of aryl methyl sites for hydroxylation is 1. The monoisotopic (exact) mass is 495 g/mol. The van der Waals surface area contributed by atoms with Crippen LogP contribution in [0.15, 0.2) is 24.3 Å². The molecule has 1 spiro atoms. The highest BCUT2D eigenvalue weighted by Gasteiger charge is 2.50. The standard InChI is InChI=1S/C27H31F2N5O2/c1-14(16-5-17(24(28)29)7-18(30)6-16)31-25-19-8-21(34-10-27(11-34)12-35-13-27)23-20(9-26(3,4)36-23)22(19)32-15(2)33-25/h5-8,14,24H,9-13,30H2,1-4H3,(H,31,32,33)/t14-/m1/s1. The third-order valence-electron chi connectivity index (χ3n) is 7.43. The number of benzene rings is 2. The second-order valence-electron chi connectivity index (χ2n) is 11.2. The van der Waals surface area contributed by atoms with Gasteiger partial charge in [0.05, 0.1) is 35.9 Å². The minimum Gasteiger partial charge on any atom is -0.485 e. The Kier molecular flexibility index (Phi) is 5.09. The van der Waals surface area contributed by atoms with Crippen molar-refractivity contribution in [3.05, 3.63) is 46.8 Å². The summed E-state index contributed by atoms with van der Waals surface area (Å²) in [5.74, 6) is 2.20. The van der Waals surface area contributed by atoms with Crippen molar-refractivity contribution in [1.82, 2.24) is 9.97 Å². The number of anilines is 3. The van der Waals surface area contributed by atoms with E-state index in [-0.39, 0.29) is 22.6 Å². The average Bonchev–Trinajstić information content (AvgIpc) is 3.07. The fourth-order valence-electron chi connectivity index (χ4n) is 5.65. The number of fused-ring (bicyclic) bond motifs is 3. The Hall–Kier alpha value is -3.20. The van der Waals surface area contributed by atoms with E-state index in [1.807, 2.05) is 13.8 Å². The third-order valence-corrected chi connectivity index (χ3v) is 7.43. The molecule has 6 rings (SSSR count). The number of nitrogen functional groups attached to an aromatic ring is 1. The second-order valence-corrected chi connectivity index (χ2v) is 11.2. The van der Waals surface area contributed by atoms with Crippen molar-refractivity contribution in [2.75, 3.05) is 42.3 Å². The summed E-state index contributed by atoms with van der Waals surface area (Å²) in [7, 11) is 0. The molecule has 0 bridgehead atoms. The van der Waals surface area contributed by atoms with Crippen molar-refractivity contribution in [1.29, 1.82) is 0 Å². The lowest BCUT2D eigenvalue weighted by atomic mass is 9.77. The maximum atomic E-state index is 13.4. The zero-order chi connectivity index (χ0) is 25.4. The first-order valence-electron chi connectivity index (χ1n) is 12.3. The number of hydrogen-bond donors (Lipinski definition) is 2. The summed E-state index contributed by atoms with van der Waals surface area (Å²) in [5, 5.41) is 4.35. The first kappa shape index (κ1) is 23.2. The molecule has 0 radical (unpaired) electrons. The molecule has 7 nitrogen and oxygen atoms in total. The van der Waals surface area contributed by atoms with Crippen molar-refractivity contribution in [2.24, 2.45) is 5.41 Å². The summed E-state index contributed by atoms with van der Waals surface area (Å²) in [5.41, 5.74) is 9.75. The van der Waals surface area contributed by atoms with Gasteiger partial charge in [-0.3, -0.25) is 0 Å². The average molecular weight is 496 g/mol. The molecule has 3 N–H and O–H groups in total. The summed E-state index contributed by atoms with van der Waals surface area (Å²) in [6.07, 6.45) is -1.84. The van der Waals surface area contributed by atoms with E-state index in [0.29, 0.717) is 22.9 Å². The molecule has 1 atom stereocenters. The van der Waals surface area contributed by atoms with Gasteiger partial charge < -0.3 is 25.4 Å². The van der Waals surface area contributed by atoms with E-state index in [1.165, 1.54) is 12.1 Å².